The number of carbonyl (C=O) groups excluding carboxylic acids is 1. The van der Waals surface area contributed by atoms with Gasteiger partial charge in [0.15, 0.2) is 0 Å². The number of urea groups is 1. The molecule has 1 unspecified atom stereocenters. The van der Waals surface area contributed by atoms with Crippen LogP contribution < -0.4 is 10.6 Å². The van der Waals surface area contributed by atoms with Gasteiger partial charge >= 0.3 is 6.03 Å². The Labute approximate surface area is 140 Å². The lowest BCUT2D eigenvalue weighted by atomic mass is 10.2. The number of carbonyl (C=O) groups is 1. The van der Waals surface area contributed by atoms with Crippen LogP contribution in [0.2, 0.25) is 0 Å². The van der Waals surface area contributed by atoms with E-state index in [0.717, 1.165) is 5.56 Å². The molecule has 2 amide bonds. The molecule has 0 aliphatic heterocycles. The van der Waals surface area contributed by atoms with Gasteiger partial charge in [-0.3, -0.25) is 5.32 Å². The monoisotopic (exact) mass is 356 g/mol. The first-order valence-electron chi connectivity index (χ1n) is 7.42. The largest absolute Gasteiger partial charge is 0.338 e. The average Bonchev–Trinajstić information content (AvgIpc) is 2.91. The van der Waals surface area contributed by atoms with Crippen LogP contribution in [0.25, 0.3) is 0 Å². The van der Waals surface area contributed by atoms with Gasteiger partial charge < -0.3 is 5.32 Å². The van der Waals surface area contributed by atoms with Gasteiger partial charge in [-0.25, -0.2) is 18.0 Å². The molecule has 1 aromatic carbocycles. The van der Waals surface area contributed by atoms with E-state index in [0.29, 0.717) is 16.6 Å². The highest BCUT2D eigenvalue weighted by Crippen LogP contribution is 2.50. The van der Waals surface area contributed by atoms with Crippen molar-refractivity contribution in [1.82, 2.24) is 15.5 Å². The van der Waals surface area contributed by atoms with Gasteiger partial charge in [-0.05, 0) is 24.1 Å². The summed E-state index contributed by atoms with van der Waals surface area (Å²) in [4.78, 5) is 11.7. The summed E-state index contributed by atoms with van der Waals surface area (Å²) in [6.45, 7) is 0.188. The standard InChI is InChI=1S/C15H15F3N4OS/c16-11-3-1-9(2-4-11)7-12-21-22-14(24-12)20-13(23)19-6-5-10-8-15(10,17)18/h1-4,10H,5-8H2,(H2,19,20,22,23). The van der Waals surface area contributed by atoms with Crippen LogP contribution in [0.3, 0.4) is 0 Å². The number of halogens is 3. The van der Waals surface area contributed by atoms with Crippen molar-refractivity contribution in [3.8, 4) is 0 Å². The molecule has 2 aromatic rings. The summed E-state index contributed by atoms with van der Waals surface area (Å²) in [5.74, 6) is -3.49. The predicted molar refractivity (Wildman–Crippen MR) is 83.8 cm³/mol. The lowest BCUT2D eigenvalue weighted by Crippen LogP contribution is -2.29. The van der Waals surface area contributed by atoms with Crippen LogP contribution >= 0.6 is 11.3 Å². The molecule has 1 aliphatic carbocycles. The molecule has 1 aliphatic rings. The Morgan fingerprint density at radius 1 is 1.29 bits per heavy atom. The third kappa shape index (κ3) is 4.44. The second-order valence-corrected chi connectivity index (χ2v) is 6.70. The van der Waals surface area contributed by atoms with Crippen LogP contribution in [0, 0.1) is 11.7 Å². The van der Waals surface area contributed by atoms with Crippen LogP contribution in [-0.2, 0) is 6.42 Å². The second-order valence-electron chi connectivity index (χ2n) is 5.64. The number of benzene rings is 1. The topological polar surface area (TPSA) is 66.9 Å². The van der Waals surface area contributed by atoms with Crippen LogP contribution in [0.5, 0.6) is 0 Å². The number of rotatable bonds is 6. The summed E-state index contributed by atoms with van der Waals surface area (Å²) in [6.07, 6.45) is 0.643. The minimum atomic E-state index is -2.56. The Kier molecular flexibility index (Phi) is 4.70. The highest BCUT2D eigenvalue weighted by atomic mass is 32.1. The molecule has 1 atom stereocenters. The van der Waals surface area contributed by atoms with Gasteiger partial charge in [-0.15, -0.1) is 10.2 Å². The summed E-state index contributed by atoms with van der Waals surface area (Å²) in [5, 5.41) is 13.8. The highest BCUT2D eigenvalue weighted by Gasteiger charge is 2.55. The van der Waals surface area contributed by atoms with Crippen molar-refractivity contribution in [3.05, 3.63) is 40.7 Å². The molecular weight excluding hydrogens is 341 g/mol. The summed E-state index contributed by atoms with van der Waals surface area (Å²) < 4.78 is 38.3. The molecular formula is C15H15F3N4OS. The molecule has 5 nitrogen and oxygen atoms in total. The number of hydrogen-bond acceptors (Lipinski definition) is 4. The van der Waals surface area contributed by atoms with Crippen LogP contribution in [0.15, 0.2) is 24.3 Å². The lowest BCUT2D eigenvalue weighted by molar-refractivity contribution is 0.0971. The van der Waals surface area contributed by atoms with Crippen molar-refractivity contribution >= 4 is 22.5 Å². The van der Waals surface area contributed by atoms with Crippen LogP contribution in [0.4, 0.5) is 23.1 Å². The van der Waals surface area contributed by atoms with Crippen molar-refractivity contribution in [2.45, 2.75) is 25.2 Å². The molecule has 128 valence electrons. The fraction of sp³-hybridized carbons (Fsp3) is 0.400. The molecule has 0 bridgehead atoms. The number of amides is 2. The van der Waals surface area contributed by atoms with Crippen molar-refractivity contribution in [1.29, 1.82) is 0 Å². The Balaban J connectivity index is 1.43. The van der Waals surface area contributed by atoms with Crippen molar-refractivity contribution in [3.63, 3.8) is 0 Å². The fourth-order valence-corrected chi connectivity index (χ4v) is 3.01. The molecule has 0 spiro atoms. The zero-order valence-electron chi connectivity index (χ0n) is 12.6. The Bertz CT molecular complexity index is 720. The van der Waals surface area contributed by atoms with Crippen molar-refractivity contribution in [2.24, 2.45) is 5.92 Å². The third-order valence-corrected chi connectivity index (χ3v) is 4.53. The fourth-order valence-electron chi connectivity index (χ4n) is 2.24. The van der Waals surface area contributed by atoms with Gasteiger partial charge in [0.2, 0.25) is 5.13 Å². The first-order valence-corrected chi connectivity index (χ1v) is 8.23. The Hall–Kier alpha value is -2.16. The molecule has 2 N–H and O–H groups in total. The van der Waals surface area contributed by atoms with Gasteiger partial charge in [0, 0.05) is 25.3 Å². The average molecular weight is 356 g/mol. The maximum atomic E-state index is 12.8. The van der Waals surface area contributed by atoms with E-state index >= 15 is 0 Å². The normalized spacial score (nSPS) is 18.2. The number of nitrogens with zero attached hydrogens (tertiary/aromatic N) is 2. The molecule has 24 heavy (non-hydrogen) atoms. The molecule has 1 heterocycles. The van der Waals surface area contributed by atoms with E-state index in [2.05, 4.69) is 20.8 Å². The van der Waals surface area contributed by atoms with Gasteiger partial charge in [-0.2, -0.15) is 0 Å². The number of hydrogen-bond donors (Lipinski definition) is 2. The van der Waals surface area contributed by atoms with E-state index in [-0.39, 0.29) is 25.2 Å². The Morgan fingerprint density at radius 3 is 2.67 bits per heavy atom. The van der Waals surface area contributed by atoms with Gasteiger partial charge in [-0.1, -0.05) is 23.5 Å². The number of nitrogens with one attached hydrogen (secondary N) is 2. The zero-order chi connectivity index (χ0) is 17.2. The highest BCUT2D eigenvalue weighted by molar-refractivity contribution is 7.15. The first kappa shape index (κ1) is 16.7. The number of alkyl halides is 2. The van der Waals surface area contributed by atoms with Crippen molar-refractivity contribution in [2.75, 3.05) is 11.9 Å². The maximum absolute atomic E-state index is 12.8. The molecule has 1 saturated carbocycles. The molecule has 0 saturated heterocycles. The Morgan fingerprint density at radius 2 is 2.00 bits per heavy atom. The van der Waals surface area contributed by atoms with E-state index in [1.165, 1.54) is 23.5 Å². The predicted octanol–water partition coefficient (Wildman–Crippen LogP) is 3.43. The summed E-state index contributed by atoms with van der Waals surface area (Å²) in [7, 11) is 0. The minimum Gasteiger partial charge on any atom is -0.338 e. The SMILES string of the molecule is O=C(NCCC1CC1(F)F)Nc1nnc(Cc2ccc(F)cc2)s1. The van der Waals surface area contributed by atoms with Gasteiger partial charge in [0.25, 0.3) is 5.92 Å². The van der Waals surface area contributed by atoms with E-state index in [9.17, 15) is 18.0 Å². The van der Waals surface area contributed by atoms with Gasteiger partial charge in [0.1, 0.15) is 10.8 Å². The third-order valence-electron chi connectivity index (χ3n) is 3.69. The van der Waals surface area contributed by atoms with E-state index < -0.39 is 17.9 Å². The lowest BCUT2D eigenvalue weighted by Gasteiger charge is -2.04. The van der Waals surface area contributed by atoms with Crippen LogP contribution in [-0.4, -0.2) is 28.7 Å². The van der Waals surface area contributed by atoms with Crippen molar-refractivity contribution < 1.29 is 18.0 Å². The minimum absolute atomic E-state index is 0.0978. The van der Waals surface area contributed by atoms with E-state index in [4.69, 9.17) is 0 Å². The summed E-state index contributed by atoms with van der Waals surface area (Å²) in [5.41, 5.74) is 0.883. The first-order chi connectivity index (χ1) is 11.4. The number of anilines is 1. The zero-order valence-corrected chi connectivity index (χ0v) is 13.4. The summed E-state index contributed by atoms with van der Waals surface area (Å²) in [6, 6.07) is 5.55. The molecule has 3 rings (SSSR count). The second kappa shape index (κ2) is 6.76. The molecule has 1 fully saturated rings. The van der Waals surface area contributed by atoms with Crippen LogP contribution in [0.1, 0.15) is 23.4 Å². The molecule has 0 radical (unpaired) electrons. The summed E-state index contributed by atoms with van der Waals surface area (Å²) >= 11 is 1.20. The quantitative estimate of drug-likeness (QED) is 0.833. The smallest absolute Gasteiger partial charge is 0.321 e. The maximum Gasteiger partial charge on any atom is 0.321 e. The van der Waals surface area contributed by atoms with E-state index in [1.807, 2.05) is 0 Å². The molecule has 1 aromatic heterocycles. The number of aromatic nitrogens is 2. The molecule has 9 heteroatoms. The van der Waals surface area contributed by atoms with E-state index in [1.54, 1.807) is 12.1 Å². The van der Waals surface area contributed by atoms with Gasteiger partial charge in [0.05, 0.1) is 0 Å².